The molecule has 0 aliphatic heterocycles. The molecule has 0 aliphatic carbocycles. The molecule has 1 heterocycles. The van der Waals surface area contributed by atoms with E-state index in [1.807, 2.05) is 47.8 Å². The molecule has 1 atom stereocenters. The largest absolute Gasteiger partial charge is 0.371 e. The number of nitrogens with one attached hydrogen (secondary N) is 1. The van der Waals surface area contributed by atoms with E-state index >= 15 is 0 Å². The van der Waals surface area contributed by atoms with Gasteiger partial charge in [-0.2, -0.15) is 0 Å². The van der Waals surface area contributed by atoms with Gasteiger partial charge in [-0.05, 0) is 23.1 Å². The van der Waals surface area contributed by atoms with Crippen molar-refractivity contribution in [1.29, 1.82) is 0 Å². The molecule has 1 N–H and O–H groups in total. The third kappa shape index (κ3) is 3.37. The van der Waals surface area contributed by atoms with Gasteiger partial charge in [-0.15, -0.1) is 11.3 Å². The molecule has 4 nitrogen and oxygen atoms in total. The minimum atomic E-state index is -0.642. The van der Waals surface area contributed by atoms with Crippen LogP contribution in [0.25, 0.3) is 0 Å². The number of nitrogens with zero attached hydrogens (tertiary/aromatic N) is 1. The Morgan fingerprint density at radius 2 is 1.87 bits per heavy atom. The molecule has 6 heteroatoms. The molecule has 0 saturated heterocycles. The standard InChI is InChI=1S/C17H13FN2O2S/c18-14-11-13(20(21)22)8-9-15(14)19-17(16-7-4-10-23-16)12-5-2-1-3-6-12/h1-11,17,19H/t17-/m1/s1. The molecule has 1 aromatic heterocycles. The fourth-order valence-electron chi connectivity index (χ4n) is 2.31. The summed E-state index contributed by atoms with van der Waals surface area (Å²) in [5, 5.41) is 15.8. The number of non-ortho nitro benzene ring substituents is 1. The van der Waals surface area contributed by atoms with Crippen molar-refractivity contribution >= 4 is 22.7 Å². The Morgan fingerprint density at radius 1 is 1.09 bits per heavy atom. The molecule has 0 unspecified atom stereocenters. The highest BCUT2D eigenvalue weighted by Crippen LogP contribution is 2.31. The normalized spacial score (nSPS) is 11.9. The Hall–Kier alpha value is -2.73. The maximum Gasteiger partial charge on any atom is 0.272 e. The second-order valence-corrected chi connectivity index (χ2v) is 5.90. The van der Waals surface area contributed by atoms with Crippen LogP contribution in [0, 0.1) is 15.9 Å². The molecule has 3 aromatic rings. The van der Waals surface area contributed by atoms with Gasteiger partial charge in [0.1, 0.15) is 0 Å². The molecule has 0 spiro atoms. The second kappa shape index (κ2) is 6.58. The van der Waals surface area contributed by atoms with Gasteiger partial charge >= 0.3 is 0 Å². The lowest BCUT2D eigenvalue weighted by Crippen LogP contribution is -2.12. The minimum absolute atomic E-state index is 0.216. The first-order valence-corrected chi connectivity index (χ1v) is 7.82. The topological polar surface area (TPSA) is 55.2 Å². The number of hydrogen-bond acceptors (Lipinski definition) is 4. The van der Waals surface area contributed by atoms with Gasteiger partial charge in [0.05, 0.1) is 22.7 Å². The van der Waals surface area contributed by atoms with Gasteiger partial charge in [0.2, 0.25) is 0 Å². The summed E-state index contributed by atoms with van der Waals surface area (Å²) in [4.78, 5) is 11.1. The third-order valence-electron chi connectivity index (χ3n) is 3.42. The minimum Gasteiger partial charge on any atom is -0.371 e. The van der Waals surface area contributed by atoms with Crippen LogP contribution in [0.3, 0.4) is 0 Å². The van der Waals surface area contributed by atoms with Crippen LogP contribution in [-0.2, 0) is 0 Å². The predicted molar refractivity (Wildman–Crippen MR) is 89.3 cm³/mol. The average molecular weight is 328 g/mol. The Balaban J connectivity index is 1.95. The molecule has 116 valence electrons. The van der Waals surface area contributed by atoms with E-state index in [9.17, 15) is 14.5 Å². The van der Waals surface area contributed by atoms with Crippen molar-refractivity contribution in [2.24, 2.45) is 0 Å². The highest BCUT2D eigenvalue weighted by Gasteiger charge is 2.18. The van der Waals surface area contributed by atoms with Crippen LogP contribution < -0.4 is 5.32 Å². The van der Waals surface area contributed by atoms with Crippen LogP contribution in [0.5, 0.6) is 0 Å². The van der Waals surface area contributed by atoms with E-state index < -0.39 is 10.7 Å². The Labute approximate surface area is 136 Å². The van der Waals surface area contributed by atoms with E-state index in [0.29, 0.717) is 0 Å². The number of hydrogen-bond donors (Lipinski definition) is 1. The van der Waals surface area contributed by atoms with Gasteiger partial charge in [-0.3, -0.25) is 10.1 Å². The maximum absolute atomic E-state index is 14.2. The maximum atomic E-state index is 14.2. The van der Waals surface area contributed by atoms with E-state index in [4.69, 9.17) is 0 Å². The lowest BCUT2D eigenvalue weighted by atomic mass is 10.0. The number of nitro benzene ring substituents is 1. The number of halogens is 1. The summed E-state index contributed by atoms with van der Waals surface area (Å²) in [5.74, 6) is -0.642. The van der Waals surface area contributed by atoms with Gasteiger partial charge in [-0.1, -0.05) is 36.4 Å². The molecule has 0 fully saturated rings. The summed E-state index contributed by atoms with van der Waals surface area (Å²) in [6, 6.07) is 17.0. The number of rotatable bonds is 5. The molecule has 0 radical (unpaired) electrons. The van der Waals surface area contributed by atoms with Crippen molar-refractivity contribution in [2.45, 2.75) is 6.04 Å². The van der Waals surface area contributed by atoms with Crippen LogP contribution >= 0.6 is 11.3 Å². The van der Waals surface area contributed by atoms with Crippen LogP contribution in [0.2, 0.25) is 0 Å². The zero-order chi connectivity index (χ0) is 16.2. The van der Waals surface area contributed by atoms with Crippen LogP contribution in [-0.4, -0.2) is 4.92 Å². The smallest absolute Gasteiger partial charge is 0.272 e. The molecule has 23 heavy (non-hydrogen) atoms. The first kappa shape index (κ1) is 15.2. The van der Waals surface area contributed by atoms with Crippen molar-refractivity contribution in [3.8, 4) is 0 Å². The molecule has 0 bridgehead atoms. The van der Waals surface area contributed by atoms with Gasteiger partial charge in [0, 0.05) is 10.9 Å². The molecule has 3 rings (SSSR count). The number of anilines is 1. The van der Waals surface area contributed by atoms with Crippen LogP contribution in [0.4, 0.5) is 15.8 Å². The summed E-state index contributed by atoms with van der Waals surface area (Å²) in [7, 11) is 0. The molecule has 0 saturated carbocycles. The zero-order valence-corrected chi connectivity index (χ0v) is 12.8. The molecular weight excluding hydrogens is 315 g/mol. The highest BCUT2D eigenvalue weighted by molar-refractivity contribution is 7.10. The highest BCUT2D eigenvalue weighted by atomic mass is 32.1. The number of benzene rings is 2. The fraction of sp³-hybridized carbons (Fsp3) is 0.0588. The quantitative estimate of drug-likeness (QED) is 0.530. The Kier molecular flexibility index (Phi) is 4.34. The first-order valence-electron chi connectivity index (χ1n) is 6.94. The summed E-state index contributed by atoms with van der Waals surface area (Å²) in [6.07, 6.45) is 0. The fourth-order valence-corrected chi connectivity index (χ4v) is 3.11. The lowest BCUT2D eigenvalue weighted by Gasteiger charge is -2.19. The SMILES string of the molecule is O=[N+]([O-])c1ccc(N[C@H](c2ccccc2)c2cccs2)c(F)c1. The summed E-state index contributed by atoms with van der Waals surface area (Å²) >= 11 is 1.57. The van der Waals surface area contributed by atoms with Gasteiger partial charge in [-0.25, -0.2) is 4.39 Å². The van der Waals surface area contributed by atoms with Crippen LogP contribution in [0.1, 0.15) is 16.5 Å². The summed E-state index contributed by atoms with van der Waals surface area (Å²) in [6.45, 7) is 0. The van der Waals surface area contributed by atoms with Gasteiger partial charge in [0.25, 0.3) is 5.69 Å². The summed E-state index contributed by atoms with van der Waals surface area (Å²) in [5.41, 5.74) is 0.964. The third-order valence-corrected chi connectivity index (χ3v) is 4.36. The number of thiophene rings is 1. The first-order chi connectivity index (χ1) is 11.1. The summed E-state index contributed by atoms with van der Waals surface area (Å²) < 4.78 is 14.2. The molecular formula is C17H13FN2O2S. The van der Waals surface area contributed by atoms with E-state index in [0.717, 1.165) is 16.5 Å². The van der Waals surface area contributed by atoms with Crippen LogP contribution in [0.15, 0.2) is 66.0 Å². The lowest BCUT2D eigenvalue weighted by molar-refractivity contribution is -0.385. The van der Waals surface area contributed by atoms with Crippen molar-refractivity contribution in [3.05, 3.63) is 92.4 Å². The van der Waals surface area contributed by atoms with Gasteiger partial charge in [0.15, 0.2) is 5.82 Å². The number of nitro groups is 1. The van der Waals surface area contributed by atoms with Gasteiger partial charge < -0.3 is 5.32 Å². The van der Waals surface area contributed by atoms with Crippen molar-refractivity contribution < 1.29 is 9.31 Å². The van der Waals surface area contributed by atoms with Crippen molar-refractivity contribution in [2.75, 3.05) is 5.32 Å². The monoisotopic (exact) mass is 328 g/mol. The Bertz CT molecular complexity index is 807. The zero-order valence-electron chi connectivity index (χ0n) is 12.0. The van der Waals surface area contributed by atoms with Crippen molar-refractivity contribution in [3.63, 3.8) is 0 Å². The van der Waals surface area contributed by atoms with E-state index in [-0.39, 0.29) is 17.4 Å². The Morgan fingerprint density at radius 3 is 2.48 bits per heavy atom. The molecule has 2 aromatic carbocycles. The molecule has 0 amide bonds. The molecule has 0 aliphatic rings. The van der Waals surface area contributed by atoms with E-state index in [1.165, 1.54) is 12.1 Å². The predicted octanol–water partition coefficient (Wildman–Crippen LogP) is 5.00. The average Bonchev–Trinajstić information content (AvgIpc) is 3.08. The van der Waals surface area contributed by atoms with Crippen molar-refractivity contribution in [1.82, 2.24) is 0 Å². The van der Waals surface area contributed by atoms with E-state index in [2.05, 4.69) is 5.32 Å². The van der Waals surface area contributed by atoms with E-state index in [1.54, 1.807) is 11.3 Å². The second-order valence-electron chi connectivity index (χ2n) is 4.92.